The number of hydrogen-bond donors (Lipinski definition) is 1. The van der Waals surface area contributed by atoms with E-state index in [1.54, 1.807) is 5.57 Å². The maximum atomic E-state index is 13.1. The van der Waals surface area contributed by atoms with Crippen LogP contribution in [0.15, 0.2) is 72.3 Å². The Morgan fingerprint density at radius 2 is 1.62 bits per heavy atom. The van der Waals surface area contributed by atoms with Gasteiger partial charge in [-0.15, -0.1) is 0 Å². The van der Waals surface area contributed by atoms with Gasteiger partial charge in [0.1, 0.15) is 11.7 Å². The number of piperidine rings is 1. The number of rotatable bonds is 5. The molecule has 2 aliphatic heterocycles. The molecular weight excluding hydrogens is 458 g/mol. The number of benzene rings is 2. The first-order chi connectivity index (χ1) is 17.9. The van der Waals surface area contributed by atoms with Gasteiger partial charge in [-0.25, -0.2) is 0 Å². The minimum absolute atomic E-state index is 0.00560. The second-order valence-electron chi connectivity index (χ2n) is 12.4. The summed E-state index contributed by atoms with van der Waals surface area (Å²) in [5, 5.41) is 12.2. The van der Waals surface area contributed by atoms with Gasteiger partial charge >= 0.3 is 5.97 Å². The molecule has 1 N–H and O–H groups in total. The smallest absolute Gasteiger partial charge is 0.311 e. The molecule has 196 valence electrons. The SMILES string of the molecule is C[C@H]1CCC[C@]2(C)C[C@H]3OC(=O)[C@@H](CN4CCC(C(O)(c5ccccc5)c5ccccc5)CC4)[C@H]3C=C12. The fourth-order valence-corrected chi connectivity index (χ4v) is 8.09. The first-order valence-corrected chi connectivity index (χ1v) is 14.4. The Kier molecular flexibility index (Phi) is 6.53. The summed E-state index contributed by atoms with van der Waals surface area (Å²) in [6.07, 6.45) is 9.03. The van der Waals surface area contributed by atoms with Gasteiger partial charge in [0.15, 0.2) is 0 Å². The minimum Gasteiger partial charge on any atom is -0.461 e. The number of esters is 1. The van der Waals surface area contributed by atoms with Crippen LogP contribution in [0.2, 0.25) is 0 Å². The Balaban J connectivity index is 1.18. The Bertz CT molecular complexity index is 1100. The van der Waals surface area contributed by atoms with Crippen LogP contribution in [0.25, 0.3) is 0 Å². The van der Waals surface area contributed by atoms with Crippen LogP contribution in [0.3, 0.4) is 0 Å². The summed E-state index contributed by atoms with van der Waals surface area (Å²) in [5.41, 5.74) is 2.69. The minimum atomic E-state index is -1.01. The van der Waals surface area contributed by atoms with Crippen molar-refractivity contribution >= 4 is 5.97 Å². The van der Waals surface area contributed by atoms with Crippen molar-refractivity contribution in [2.45, 2.75) is 64.1 Å². The van der Waals surface area contributed by atoms with E-state index in [-0.39, 0.29) is 35.2 Å². The van der Waals surface area contributed by atoms with Gasteiger partial charge in [-0.2, -0.15) is 0 Å². The molecule has 2 aliphatic carbocycles. The summed E-state index contributed by atoms with van der Waals surface area (Å²) in [5.74, 6) is 0.862. The van der Waals surface area contributed by atoms with E-state index in [2.05, 4.69) is 24.8 Å². The predicted octanol–water partition coefficient (Wildman–Crippen LogP) is 5.95. The van der Waals surface area contributed by atoms with E-state index in [9.17, 15) is 9.90 Å². The number of carbonyl (C=O) groups is 1. The van der Waals surface area contributed by atoms with E-state index in [0.717, 1.165) is 50.0 Å². The van der Waals surface area contributed by atoms with Crippen molar-refractivity contribution in [3.05, 3.63) is 83.4 Å². The molecule has 0 unspecified atom stereocenters. The van der Waals surface area contributed by atoms with Gasteiger partial charge in [-0.3, -0.25) is 4.79 Å². The quantitative estimate of drug-likeness (QED) is 0.408. The van der Waals surface area contributed by atoms with Crippen molar-refractivity contribution in [3.63, 3.8) is 0 Å². The van der Waals surface area contributed by atoms with Crippen LogP contribution in [0.4, 0.5) is 0 Å². The summed E-state index contributed by atoms with van der Waals surface area (Å²) in [7, 11) is 0. The van der Waals surface area contributed by atoms with Gasteiger partial charge in [0.05, 0.1) is 5.92 Å². The molecule has 3 fully saturated rings. The zero-order chi connectivity index (χ0) is 25.6. The molecule has 0 aromatic heterocycles. The molecule has 2 aromatic rings. The monoisotopic (exact) mass is 499 g/mol. The van der Waals surface area contributed by atoms with Crippen molar-refractivity contribution in [1.82, 2.24) is 4.90 Å². The molecular formula is C33H41NO3. The number of likely N-dealkylation sites (tertiary alicyclic amines) is 1. The fraction of sp³-hybridized carbons (Fsp3) is 0.545. The van der Waals surface area contributed by atoms with Crippen molar-refractivity contribution in [2.75, 3.05) is 19.6 Å². The molecule has 0 spiro atoms. The molecule has 4 heteroatoms. The van der Waals surface area contributed by atoms with Crippen molar-refractivity contribution in [1.29, 1.82) is 0 Å². The normalized spacial score (nSPS) is 32.8. The number of allylic oxidation sites excluding steroid dienone is 1. The third-order valence-corrected chi connectivity index (χ3v) is 10.1. The summed E-state index contributed by atoms with van der Waals surface area (Å²) in [6.45, 7) is 7.28. The Morgan fingerprint density at radius 3 is 2.24 bits per heavy atom. The molecule has 37 heavy (non-hydrogen) atoms. The van der Waals surface area contributed by atoms with Gasteiger partial charge in [0.25, 0.3) is 0 Å². The average Bonchev–Trinajstić information content (AvgIpc) is 3.21. The molecule has 2 aromatic carbocycles. The lowest BCUT2D eigenvalue weighted by Gasteiger charge is -2.46. The van der Waals surface area contributed by atoms with Crippen LogP contribution in [0.1, 0.15) is 63.5 Å². The number of ether oxygens (including phenoxy) is 1. The van der Waals surface area contributed by atoms with Crippen molar-refractivity contribution < 1.29 is 14.6 Å². The number of nitrogens with zero attached hydrogens (tertiary/aromatic N) is 1. The van der Waals surface area contributed by atoms with E-state index in [1.165, 1.54) is 19.3 Å². The summed E-state index contributed by atoms with van der Waals surface area (Å²) in [6, 6.07) is 20.2. The topological polar surface area (TPSA) is 49.8 Å². The summed E-state index contributed by atoms with van der Waals surface area (Å²) >= 11 is 0. The van der Waals surface area contributed by atoms with Crippen LogP contribution < -0.4 is 0 Å². The zero-order valence-corrected chi connectivity index (χ0v) is 22.3. The molecule has 2 heterocycles. The second-order valence-corrected chi connectivity index (χ2v) is 12.4. The molecule has 4 nitrogen and oxygen atoms in total. The van der Waals surface area contributed by atoms with Crippen LogP contribution in [0.5, 0.6) is 0 Å². The third kappa shape index (κ3) is 4.36. The van der Waals surface area contributed by atoms with E-state index in [0.29, 0.717) is 5.92 Å². The lowest BCUT2D eigenvalue weighted by atomic mass is 9.59. The van der Waals surface area contributed by atoms with E-state index < -0.39 is 5.60 Å². The zero-order valence-electron chi connectivity index (χ0n) is 22.3. The average molecular weight is 500 g/mol. The number of fused-ring (bicyclic) bond motifs is 2. The van der Waals surface area contributed by atoms with Crippen molar-refractivity contribution in [2.24, 2.45) is 29.1 Å². The van der Waals surface area contributed by atoms with Gasteiger partial charge < -0.3 is 14.7 Å². The van der Waals surface area contributed by atoms with Crippen LogP contribution in [0, 0.1) is 29.1 Å². The van der Waals surface area contributed by atoms with Gasteiger partial charge in [-0.1, -0.05) is 92.6 Å². The van der Waals surface area contributed by atoms with Crippen molar-refractivity contribution in [3.8, 4) is 0 Å². The molecule has 4 aliphatic rings. The molecule has 6 rings (SSSR count). The standard InChI is InChI=1S/C33H41NO3/c1-23-10-9-17-32(2)21-30-27(20-29(23)32)28(31(35)37-30)22-34-18-15-26(16-19-34)33(36,24-11-5-3-6-12-24)25-13-7-4-8-14-25/h3-8,11-14,20,23,26-28,30,36H,9-10,15-19,21-22H2,1-2H3/t23-,27+,28-,30+,32+/m0/s1. The highest BCUT2D eigenvalue weighted by Crippen LogP contribution is 2.54. The van der Waals surface area contributed by atoms with Crippen LogP contribution in [-0.4, -0.2) is 41.7 Å². The first-order valence-electron chi connectivity index (χ1n) is 14.4. The Labute approximate surface area is 221 Å². The molecule has 0 bridgehead atoms. The Hall–Kier alpha value is -2.43. The van der Waals surface area contributed by atoms with Crippen LogP contribution in [-0.2, 0) is 15.1 Å². The molecule has 1 saturated carbocycles. The maximum absolute atomic E-state index is 13.1. The second kappa shape index (κ2) is 9.71. The summed E-state index contributed by atoms with van der Waals surface area (Å²) in [4.78, 5) is 15.5. The lowest BCUT2D eigenvalue weighted by Crippen LogP contribution is -2.46. The molecule has 0 amide bonds. The first kappa shape index (κ1) is 24.9. The van der Waals surface area contributed by atoms with Crippen LogP contribution >= 0.6 is 0 Å². The maximum Gasteiger partial charge on any atom is 0.311 e. The van der Waals surface area contributed by atoms with E-state index in [1.807, 2.05) is 60.7 Å². The largest absolute Gasteiger partial charge is 0.461 e. The van der Waals surface area contributed by atoms with Gasteiger partial charge in [0, 0.05) is 12.5 Å². The van der Waals surface area contributed by atoms with E-state index >= 15 is 0 Å². The molecule has 2 saturated heterocycles. The van der Waals surface area contributed by atoms with Gasteiger partial charge in [0.2, 0.25) is 0 Å². The molecule has 5 atom stereocenters. The number of hydrogen-bond acceptors (Lipinski definition) is 4. The number of aliphatic hydroxyl groups is 1. The number of carbonyl (C=O) groups excluding carboxylic acids is 1. The van der Waals surface area contributed by atoms with Gasteiger partial charge in [-0.05, 0) is 73.6 Å². The fourth-order valence-electron chi connectivity index (χ4n) is 8.09. The van der Waals surface area contributed by atoms with E-state index in [4.69, 9.17) is 4.74 Å². The highest BCUT2D eigenvalue weighted by Gasteiger charge is 2.52. The predicted molar refractivity (Wildman–Crippen MR) is 146 cm³/mol. The highest BCUT2D eigenvalue weighted by atomic mass is 16.6. The summed E-state index contributed by atoms with van der Waals surface area (Å²) < 4.78 is 6.01. The molecule has 0 radical (unpaired) electrons. The highest BCUT2D eigenvalue weighted by molar-refractivity contribution is 5.76. The lowest BCUT2D eigenvalue weighted by molar-refractivity contribution is -0.145. The third-order valence-electron chi connectivity index (χ3n) is 10.1. The Morgan fingerprint density at radius 1 is 1.00 bits per heavy atom.